The Morgan fingerprint density at radius 2 is 1.89 bits per heavy atom. The van der Waals surface area contributed by atoms with Crippen LogP contribution in [0.5, 0.6) is 5.75 Å². The minimum absolute atomic E-state index is 0.0988. The molecule has 1 atom stereocenters. The number of likely N-dealkylation sites (tertiary alicyclic amines) is 1. The number of halogens is 1. The lowest BCUT2D eigenvalue weighted by atomic mass is 10.1. The highest BCUT2D eigenvalue weighted by Gasteiger charge is 2.18. The summed E-state index contributed by atoms with van der Waals surface area (Å²) >= 11 is 6.20. The van der Waals surface area contributed by atoms with E-state index in [1.807, 2.05) is 18.2 Å². The van der Waals surface area contributed by atoms with Crippen LogP contribution in [0, 0.1) is 0 Å². The third-order valence-electron chi connectivity index (χ3n) is 5.42. The van der Waals surface area contributed by atoms with Crippen molar-refractivity contribution in [2.75, 3.05) is 45.9 Å². The number of hydrogen-bond donors (Lipinski definition) is 2. The zero-order chi connectivity index (χ0) is 19.8. The first-order chi connectivity index (χ1) is 13.6. The molecule has 0 saturated carbocycles. The van der Waals surface area contributed by atoms with Gasteiger partial charge in [0.1, 0.15) is 18.5 Å². The minimum atomic E-state index is -0.512. The maximum atomic E-state index is 11.5. The average Bonchev–Trinajstić information content (AvgIpc) is 3.04. The fourth-order valence-electron chi connectivity index (χ4n) is 3.88. The lowest BCUT2D eigenvalue weighted by molar-refractivity contribution is -0.120. The highest BCUT2D eigenvalue weighted by atomic mass is 35.5. The molecule has 6 nitrogen and oxygen atoms in total. The van der Waals surface area contributed by atoms with E-state index in [0.29, 0.717) is 31.1 Å². The Morgan fingerprint density at radius 3 is 2.68 bits per heavy atom. The molecular formula is C21H32ClN3O3. The molecule has 2 fully saturated rings. The van der Waals surface area contributed by atoms with Gasteiger partial charge in [-0.05, 0) is 44.1 Å². The molecular weight excluding hydrogens is 378 g/mol. The summed E-state index contributed by atoms with van der Waals surface area (Å²) in [5.41, 5.74) is 0.990. The minimum Gasteiger partial charge on any atom is -0.491 e. The molecule has 2 saturated heterocycles. The first-order valence-corrected chi connectivity index (χ1v) is 10.8. The number of β-amino-alcohol motifs (C(OH)–C–C–N with tert-alkyl or cyclic N) is 1. The maximum Gasteiger partial charge on any atom is 0.221 e. The van der Waals surface area contributed by atoms with Gasteiger partial charge in [-0.25, -0.2) is 0 Å². The quantitative estimate of drug-likeness (QED) is 0.723. The number of hydrogen-bond acceptors (Lipinski definition) is 5. The molecule has 2 N–H and O–H groups in total. The van der Waals surface area contributed by atoms with Crippen molar-refractivity contribution in [2.24, 2.45) is 0 Å². The van der Waals surface area contributed by atoms with E-state index >= 15 is 0 Å². The number of aliphatic hydroxyl groups is 1. The summed E-state index contributed by atoms with van der Waals surface area (Å²) in [6.07, 6.45) is 4.99. The lowest BCUT2D eigenvalue weighted by Gasteiger charge is -2.24. The second-order valence-corrected chi connectivity index (χ2v) is 8.24. The Labute approximate surface area is 172 Å². The predicted molar refractivity (Wildman–Crippen MR) is 111 cm³/mol. The van der Waals surface area contributed by atoms with Crippen LogP contribution in [0.15, 0.2) is 18.2 Å². The van der Waals surface area contributed by atoms with Crippen LogP contribution >= 0.6 is 11.6 Å². The second kappa shape index (κ2) is 11.0. The fraction of sp³-hybridized carbons (Fsp3) is 0.667. The van der Waals surface area contributed by atoms with Crippen LogP contribution in [0.25, 0.3) is 0 Å². The van der Waals surface area contributed by atoms with Crippen molar-refractivity contribution in [1.29, 1.82) is 0 Å². The Balaban J connectivity index is 1.54. The van der Waals surface area contributed by atoms with Gasteiger partial charge in [-0.3, -0.25) is 9.69 Å². The Hall–Kier alpha value is -1.34. The molecule has 28 heavy (non-hydrogen) atoms. The molecule has 2 aliphatic rings. The zero-order valence-corrected chi connectivity index (χ0v) is 17.3. The van der Waals surface area contributed by atoms with E-state index < -0.39 is 6.10 Å². The van der Waals surface area contributed by atoms with Gasteiger partial charge in [-0.2, -0.15) is 0 Å². The Kier molecular flexibility index (Phi) is 8.40. The summed E-state index contributed by atoms with van der Waals surface area (Å²) in [7, 11) is 0. The fourth-order valence-corrected chi connectivity index (χ4v) is 4.07. The molecule has 1 aromatic carbocycles. The highest BCUT2D eigenvalue weighted by molar-refractivity contribution is 6.30. The highest BCUT2D eigenvalue weighted by Crippen LogP contribution is 2.25. The van der Waals surface area contributed by atoms with Crippen molar-refractivity contribution in [3.05, 3.63) is 28.8 Å². The van der Waals surface area contributed by atoms with Crippen LogP contribution in [0.2, 0.25) is 5.02 Å². The zero-order valence-electron chi connectivity index (χ0n) is 16.5. The molecule has 1 unspecified atom stereocenters. The predicted octanol–water partition coefficient (Wildman–Crippen LogP) is 2.28. The number of benzene rings is 1. The summed E-state index contributed by atoms with van der Waals surface area (Å²) in [4.78, 5) is 16.1. The van der Waals surface area contributed by atoms with Gasteiger partial charge in [0.05, 0.1) is 0 Å². The molecule has 0 spiro atoms. The van der Waals surface area contributed by atoms with E-state index in [4.69, 9.17) is 16.3 Å². The smallest absolute Gasteiger partial charge is 0.221 e. The van der Waals surface area contributed by atoms with Crippen molar-refractivity contribution >= 4 is 17.5 Å². The first kappa shape index (κ1) is 21.4. The van der Waals surface area contributed by atoms with Crippen molar-refractivity contribution < 1.29 is 14.6 Å². The molecule has 2 heterocycles. The van der Waals surface area contributed by atoms with Gasteiger partial charge in [0, 0.05) is 49.7 Å². The van der Waals surface area contributed by atoms with Gasteiger partial charge in [-0.15, -0.1) is 0 Å². The summed E-state index contributed by atoms with van der Waals surface area (Å²) in [5, 5.41) is 14.0. The normalized spacial score (nSPS) is 20.9. The van der Waals surface area contributed by atoms with E-state index in [1.165, 1.54) is 25.7 Å². The Bertz CT molecular complexity index is 635. The van der Waals surface area contributed by atoms with E-state index in [2.05, 4.69) is 15.1 Å². The van der Waals surface area contributed by atoms with Gasteiger partial charge >= 0.3 is 0 Å². The summed E-state index contributed by atoms with van der Waals surface area (Å²) < 4.78 is 5.98. The molecule has 0 aromatic heterocycles. The number of nitrogens with zero attached hydrogens (tertiary/aromatic N) is 2. The number of aliphatic hydroxyl groups excluding tert-OH is 1. The van der Waals surface area contributed by atoms with Gasteiger partial charge in [-0.1, -0.05) is 24.4 Å². The number of amides is 1. The molecule has 1 amide bonds. The SMILES string of the molecule is O=C1CCN(Cc2cc(Cl)ccc2OCC(O)CN2CCCCCC2)CCN1. The largest absolute Gasteiger partial charge is 0.491 e. The standard InChI is InChI=1S/C21H32ClN3O3/c22-18-5-6-20(17(13-18)14-25-11-7-21(27)23-8-12-25)28-16-19(26)15-24-9-3-1-2-4-10-24/h5-6,13,19,26H,1-4,7-12,14-16H2,(H,23,27). The van der Waals surface area contributed by atoms with Gasteiger partial charge in [0.15, 0.2) is 0 Å². The van der Waals surface area contributed by atoms with E-state index in [9.17, 15) is 9.90 Å². The number of nitrogens with one attached hydrogen (secondary N) is 1. The number of carbonyl (C=O) groups excluding carboxylic acids is 1. The molecule has 2 aliphatic heterocycles. The lowest BCUT2D eigenvalue weighted by Crippen LogP contribution is -2.36. The average molecular weight is 410 g/mol. The molecule has 0 bridgehead atoms. The van der Waals surface area contributed by atoms with Crippen molar-refractivity contribution in [3.8, 4) is 5.75 Å². The summed E-state index contributed by atoms with van der Waals surface area (Å²) in [6.45, 7) is 5.89. The maximum absolute atomic E-state index is 11.5. The number of rotatable bonds is 7. The third-order valence-corrected chi connectivity index (χ3v) is 5.66. The molecule has 1 aromatic rings. The van der Waals surface area contributed by atoms with E-state index in [0.717, 1.165) is 37.5 Å². The van der Waals surface area contributed by atoms with Crippen LogP contribution in [0.3, 0.4) is 0 Å². The van der Waals surface area contributed by atoms with Crippen LogP contribution in [0.1, 0.15) is 37.7 Å². The van der Waals surface area contributed by atoms with Crippen molar-refractivity contribution in [2.45, 2.75) is 44.8 Å². The first-order valence-electron chi connectivity index (χ1n) is 10.4. The van der Waals surface area contributed by atoms with Crippen LogP contribution in [-0.2, 0) is 11.3 Å². The second-order valence-electron chi connectivity index (χ2n) is 7.81. The van der Waals surface area contributed by atoms with Crippen LogP contribution < -0.4 is 10.1 Å². The summed E-state index contributed by atoms with van der Waals surface area (Å²) in [6, 6.07) is 5.60. The van der Waals surface area contributed by atoms with Gasteiger partial charge < -0.3 is 20.1 Å². The van der Waals surface area contributed by atoms with Gasteiger partial charge in [0.25, 0.3) is 0 Å². The third kappa shape index (κ3) is 6.92. The van der Waals surface area contributed by atoms with Crippen molar-refractivity contribution in [1.82, 2.24) is 15.1 Å². The van der Waals surface area contributed by atoms with E-state index in [1.54, 1.807) is 0 Å². The molecule has 0 radical (unpaired) electrons. The monoisotopic (exact) mass is 409 g/mol. The van der Waals surface area contributed by atoms with Crippen molar-refractivity contribution in [3.63, 3.8) is 0 Å². The molecule has 3 rings (SSSR count). The number of ether oxygens (including phenoxy) is 1. The molecule has 7 heteroatoms. The molecule has 156 valence electrons. The molecule has 0 aliphatic carbocycles. The Morgan fingerprint density at radius 1 is 1.11 bits per heavy atom. The van der Waals surface area contributed by atoms with Gasteiger partial charge in [0.2, 0.25) is 5.91 Å². The van der Waals surface area contributed by atoms with E-state index in [-0.39, 0.29) is 12.5 Å². The van der Waals surface area contributed by atoms with Crippen LogP contribution in [-0.4, -0.2) is 72.8 Å². The van der Waals surface area contributed by atoms with Crippen LogP contribution in [0.4, 0.5) is 0 Å². The summed E-state index contributed by atoms with van der Waals surface area (Å²) in [5.74, 6) is 0.851. The topological polar surface area (TPSA) is 65.0 Å². The number of carbonyl (C=O) groups is 1.